The summed E-state index contributed by atoms with van der Waals surface area (Å²) in [6, 6.07) is 0. The first-order valence-corrected chi connectivity index (χ1v) is 7.13. The Hall–Kier alpha value is -1.04. The summed E-state index contributed by atoms with van der Waals surface area (Å²) in [6.07, 6.45) is 3.48. The molecule has 0 bridgehead atoms. The maximum atomic E-state index is 12.2. The molecule has 0 heterocycles. The van der Waals surface area contributed by atoms with Crippen LogP contribution in [0.1, 0.15) is 32.6 Å². The number of carbonyl (C=O) groups excluding carboxylic acids is 2. The lowest BCUT2D eigenvalue weighted by molar-refractivity contribution is -0.150. The zero-order chi connectivity index (χ0) is 14.9. The van der Waals surface area contributed by atoms with Gasteiger partial charge in [-0.15, -0.1) is 0 Å². The molecule has 0 radical (unpaired) electrons. The fourth-order valence-electron chi connectivity index (χ4n) is 3.55. The van der Waals surface area contributed by atoms with Crippen LogP contribution in [0.2, 0.25) is 0 Å². The van der Waals surface area contributed by atoms with Crippen molar-refractivity contribution in [2.75, 3.05) is 13.2 Å². The van der Waals surface area contributed by atoms with Crippen molar-refractivity contribution in [3.05, 3.63) is 11.6 Å². The Labute approximate surface area is 118 Å². The second-order valence-electron chi connectivity index (χ2n) is 6.09. The predicted molar refractivity (Wildman–Crippen MR) is 71.8 cm³/mol. The number of carbonyl (C=O) groups is 2. The number of rotatable bonds is 4. The summed E-state index contributed by atoms with van der Waals surface area (Å²) in [5.74, 6) is -1.50. The number of aliphatic hydroxyl groups is 3. The minimum Gasteiger partial charge on any atom is -0.396 e. The van der Waals surface area contributed by atoms with Crippen LogP contribution in [-0.4, -0.2) is 45.7 Å². The summed E-state index contributed by atoms with van der Waals surface area (Å²) in [6.45, 7) is 1.19. The van der Waals surface area contributed by atoms with Gasteiger partial charge in [-0.1, -0.05) is 5.57 Å². The Bertz CT molecular complexity index is 438. The topological polar surface area (TPSA) is 94.8 Å². The lowest BCUT2D eigenvalue weighted by Gasteiger charge is -2.44. The number of hydrogen-bond donors (Lipinski definition) is 3. The van der Waals surface area contributed by atoms with Gasteiger partial charge in [0.05, 0.1) is 5.92 Å². The minimum atomic E-state index is -1.69. The second-order valence-corrected chi connectivity index (χ2v) is 6.09. The van der Waals surface area contributed by atoms with Gasteiger partial charge in [0.25, 0.3) is 0 Å². The zero-order valence-corrected chi connectivity index (χ0v) is 11.7. The van der Waals surface area contributed by atoms with Crippen LogP contribution in [0.5, 0.6) is 0 Å². The molecular formula is C15H22O5. The van der Waals surface area contributed by atoms with Crippen molar-refractivity contribution in [3.8, 4) is 0 Å². The molecule has 1 fully saturated rings. The van der Waals surface area contributed by atoms with Crippen LogP contribution in [0.3, 0.4) is 0 Å². The molecule has 0 amide bonds. The highest BCUT2D eigenvalue weighted by molar-refractivity contribution is 6.03. The third kappa shape index (κ3) is 2.57. The first kappa shape index (κ1) is 15.4. The third-order valence-electron chi connectivity index (χ3n) is 4.67. The van der Waals surface area contributed by atoms with Crippen LogP contribution in [0.25, 0.3) is 0 Å². The first-order chi connectivity index (χ1) is 9.41. The first-order valence-electron chi connectivity index (χ1n) is 7.13. The van der Waals surface area contributed by atoms with Crippen LogP contribution in [0, 0.1) is 17.8 Å². The monoisotopic (exact) mass is 282 g/mol. The van der Waals surface area contributed by atoms with E-state index in [1.807, 2.05) is 0 Å². The third-order valence-corrected chi connectivity index (χ3v) is 4.67. The van der Waals surface area contributed by atoms with Crippen molar-refractivity contribution in [1.82, 2.24) is 0 Å². The van der Waals surface area contributed by atoms with E-state index >= 15 is 0 Å². The van der Waals surface area contributed by atoms with Gasteiger partial charge in [0.2, 0.25) is 0 Å². The Balaban J connectivity index is 2.33. The van der Waals surface area contributed by atoms with Crippen LogP contribution in [0.4, 0.5) is 0 Å². The number of Topliss-reactive ketones (excluding diaryl/α,β-unsaturated/α-hetero) is 1. The lowest BCUT2D eigenvalue weighted by Crippen LogP contribution is -2.53. The van der Waals surface area contributed by atoms with E-state index in [4.69, 9.17) is 5.11 Å². The van der Waals surface area contributed by atoms with Gasteiger partial charge in [0, 0.05) is 19.6 Å². The SMILES string of the molecule is C[C@@]1(O)C(=O)C=C2C[C@@H](CO)CC[C@@H]2[C@H]1C(=O)CCO. The quantitative estimate of drug-likeness (QED) is 0.686. The number of aliphatic hydroxyl groups excluding tert-OH is 2. The van der Waals surface area contributed by atoms with Gasteiger partial charge < -0.3 is 15.3 Å². The summed E-state index contributed by atoms with van der Waals surface area (Å²) in [5.41, 5.74) is -0.824. The fourth-order valence-corrected chi connectivity index (χ4v) is 3.55. The molecule has 4 atom stereocenters. The number of fused-ring (bicyclic) bond motifs is 1. The number of hydrogen-bond acceptors (Lipinski definition) is 5. The molecule has 20 heavy (non-hydrogen) atoms. The second kappa shape index (κ2) is 5.76. The minimum absolute atomic E-state index is 0.0404. The number of allylic oxidation sites excluding steroid dienone is 1. The van der Waals surface area contributed by atoms with E-state index in [1.54, 1.807) is 0 Å². The van der Waals surface area contributed by atoms with Crippen LogP contribution < -0.4 is 0 Å². The normalized spacial score (nSPS) is 37.3. The smallest absolute Gasteiger partial charge is 0.187 e. The average Bonchev–Trinajstić information content (AvgIpc) is 2.39. The van der Waals surface area contributed by atoms with Crippen molar-refractivity contribution in [3.63, 3.8) is 0 Å². The molecule has 0 unspecified atom stereocenters. The molecule has 0 aliphatic heterocycles. The van der Waals surface area contributed by atoms with Gasteiger partial charge in [-0.2, -0.15) is 0 Å². The van der Waals surface area contributed by atoms with Gasteiger partial charge in [-0.25, -0.2) is 0 Å². The Kier molecular flexibility index (Phi) is 4.42. The number of ketones is 2. The zero-order valence-electron chi connectivity index (χ0n) is 11.7. The van der Waals surface area contributed by atoms with Crippen LogP contribution in [0.15, 0.2) is 11.6 Å². The average molecular weight is 282 g/mol. The van der Waals surface area contributed by atoms with Gasteiger partial charge in [-0.3, -0.25) is 9.59 Å². The Morgan fingerprint density at radius 2 is 2.10 bits per heavy atom. The molecule has 2 aliphatic rings. The summed E-state index contributed by atoms with van der Waals surface area (Å²) >= 11 is 0. The van der Waals surface area contributed by atoms with Crippen molar-refractivity contribution < 1.29 is 24.9 Å². The molecule has 0 aromatic rings. The lowest BCUT2D eigenvalue weighted by atomic mass is 9.61. The van der Waals surface area contributed by atoms with E-state index in [-0.39, 0.29) is 37.3 Å². The van der Waals surface area contributed by atoms with Crippen molar-refractivity contribution >= 4 is 11.6 Å². The molecule has 0 saturated heterocycles. The molecule has 5 nitrogen and oxygen atoms in total. The molecule has 1 saturated carbocycles. The molecule has 5 heteroatoms. The van der Waals surface area contributed by atoms with E-state index in [9.17, 15) is 19.8 Å². The van der Waals surface area contributed by atoms with Crippen molar-refractivity contribution in [2.24, 2.45) is 17.8 Å². The van der Waals surface area contributed by atoms with Crippen LogP contribution in [-0.2, 0) is 9.59 Å². The highest BCUT2D eigenvalue weighted by Crippen LogP contribution is 2.45. The molecule has 0 aromatic heterocycles. The standard InChI is InChI=1S/C15H22O5/c1-15(20)13(19)7-10-6-9(8-17)2-3-11(10)14(15)12(18)4-5-16/h7,9,11,14,16-17,20H,2-6,8H2,1H3/t9-,11-,14-,15+/m0/s1. The highest BCUT2D eigenvalue weighted by atomic mass is 16.3. The highest BCUT2D eigenvalue weighted by Gasteiger charge is 2.51. The molecule has 2 aliphatic carbocycles. The van der Waals surface area contributed by atoms with E-state index in [2.05, 4.69) is 0 Å². The van der Waals surface area contributed by atoms with E-state index < -0.39 is 17.3 Å². The molecule has 0 aromatic carbocycles. The molecule has 112 valence electrons. The van der Waals surface area contributed by atoms with Gasteiger partial charge in [0.1, 0.15) is 11.4 Å². The predicted octanol–water partition coefficient (Wildman–Crippen LogP) is 0.223. The summed E-state index contributed by atoms with van der Waals surface area (Å²) in [5, 5.41) is 28.6. The summed E-state index contributed by atoms with van der Waals surface area (Å²) in [7, 11) is 0. The van der Waals surface area contributed by atoms with Gasteiger partial charge in [-0.05, 0) is 44.1 Å². The maximum Gasteiger partial charge on any atom is 0.187 e. The van der Waals surface area contributed by atoms with Crippen molar-refractivity contribution in [2.45, 2.75) is 38.2 Å². The largest absolute Gasteiger partial charge is 0.396 e. The molecule has 2 rings (SSSR count). The van der Waals surface area contributed by atoms with Gasteiger partial charge >= 0.3 is 0 Å². The van der Waals surface area contributed by atoms with E-state index in [1.165, 1.54) is 13.0 Å². The van der Waals surface area contributed by atoms with Crippen molar-refractivity contribution in [1.29, 1.82) is 0 Å². The molecule has 0 spiro atoms. The van der Waals surface area contributed by atoms with Crippen LogP contribution >= 0.6 is 0 Å². The van der Waals surface area contributed by atoms with E-state index in [0.717, 1.165) is 12.0 Å². The Morgan fingerprint density at radius 3 is 2.70 bits per heavy atom. The Morgan fingerprint density at radius 1 is 1.40 bits per heavy atom. The maximum absolute atomic E-state index is 12.2. The van der Waals surface area contributed by atoms with Gasteiger partial charge in [0.15, 0.2) is 5.78 Å². The van der Waals surface area contributed by atoms with E-state index in [0.29, 0.717) is 12.8 Å². The summed E-state index contributed by atoms with van der Waals surface area (Å²) < 4.78 is 0. The fraction of sp³-hybridized carbons (Fsp3) is 0.733. The molecule has 3 N–H and O–H groups in total. The summed E-state index contributed by atoms with van der Waals surface area (Å²) in [4.78, 5) is 24.3. The molecular weight excluding hydrogens is 260 g/mol.